The van der Waals surface area contributed by atoms with Crippen molar-refractivity contribution >= 4 is 0 Å². The number of benzene rings is 3. The zero-order chi connectivity index (χ0) is 27.2. The lowest BCUT2D eigenvalue weighted by Gasteiger charge is -2.25. The summed E-state index contributed by atoms with van der Waals surface area (Å²) in [6, 6.07) is 27.8. The lowest BCUT2D eigenvalue weighted by molar-refractivity contribution is 0.458. The highest BCUT2D eigenvalue weighted by Gasteiger charge is 2.21. The second-order valence-corrected chi connectivity index (χ2v) is 11.8. The maximum Gasteiger partial charge on any atom is 0.164 e. The van der Waals surface area contributed by atoms with Crippen molar-refractivity contribution in [2.24, 2.45) is 0 Å². The predicted octanol–water partition coefficient (Wildman–Crippen LogP) is 9.81. The summed E-state index contributed by atoms with van der Waals surface area (Å²) in [7, 11) is 0. The SMILES string of the molecule is CCCCC(C)(C)c1ccc(-c2nc(-c3ccccc3)nc(-c3ccc(C(C)(C)CCCC)cc3)n2)cc1. The molecule has 0 fully saturated rings. The molecule has 4 aromatic rings. The molecule has 0 amide bonds. The van der Waals surface area contributed by atoms with Gasteiger partial charge >= 0.3 is 0 Å². The van der Waals surface area contributed by atoms with E-state index < -0.39 is 0 Å². The van der Waals surface area contributed by atoms with E-state index in [1.54, 1.807) is 0 Å². The number of unbranched alkanes of at least 4 members (excludes halogenated alkanes) is 2. The molecule has 0 spiro atoms. The molecule has 0 aliphatic rings. The van der Waals surface area contributed by atoms with E-state index in [2.05, 4.69) is 102 Å². The fourth-order valence-electron chi connectivity index (χ4n) is 5.02. The topological polar surface area (TPSA) is 38.7 Å². The Labute approximate surface area is 229 Å². The molecule has 0 saturated heterocycles. The van der Waals surface area contributed by atoms with Crippen LogP contribution in [-0.2, 0) is 10.8 Å². The summed E-state index contributed by atoms with van der Waals surface area (Å²) >= 11 is 0. The Hall–Kier alpha value is -3.33. The van der Waals surface area contributed by atoms with Crippen molar-refractivity contribution in [3.63, 3.8) is 0 Å². The molecule has 0 aliphatic carbocycles. The summed E-state index contributed by atoms with van der Waals surface area (Å²) in [5, 5.41) is 0. The van der Waals surface area contributed by atoms with Gasteiger partial charge in [0.1, 0.15) is 0 Å². The minimum atomic E-state index is 0.153. The number of hydrogen-bond donors (Lipinski definition) is 0. The van der Waals surface area contributed by atoms with Crippen LogP contribution in [0.25, 0.3) is 34.2 Å². The largest absolute Gasteiger partial charge is 0.208 e. The van der Waals surface area contributed by atoms with Crippen LogP contribution in [0.3, 0.4) is 0 Å². The smallest absolute Gasteiger partial charge is 0.164 e. The van der Waals surface area contributed by atoms with E-state index in [9.17, 15) is 0 Å². The van der Waals surface area contributed by atoms with E-state index >= 15 is 0 Å². The second-order valence-electron chi connectivity index (χ2n) is 11.8. The third kappa shape index (κ3) is 6.56. The average molecular weight is 506 g/mol. The van der Waals surface area contributed by atoms with Crippen LogP contribution in [0.15, 0.2) is 78.9 Å². The molecule has 0 atom stereocenters. The zero-order valence-corrected chi connectivity index (χ0v) is 24.1. The molecule has 0 N–H and O–H groups in total. The van der Waals surface area contributed by atoms with Crippen LogP contribution in [0.1, 0.15) is 91.2 Å². The molecule has 0 saturated carbocycles. The quantitative estimate of drug-likeness (QED) is 0.204. The maximum atomic E-state index is 4.96. The summed E-state index contributed by atoms with van der Waals surface area (Å²) in [6.07, 6.45) is 7.27. The van der Waals surface area contributed by atoms with Crippen LogP contribution in [0, 0.1) is 0 Å². The molecule has 0 aliphatic heterocycles. The van der Waals surface area contributed by atoms with Crippen LogP contribution in [-0.4, -0.2) is 15.0 Å². The van der Waals surface area contributed by atoms with E-state index in [1.807, 2.05) is 18.2 Å². The summed E-state index contributed by atoms with van der Waals surface area (Å²) in [4.78, 5) is 14.8. The van der Waals surface area contributed by atoms with E-state index in [-0.39, 0.29) is 10.8 Å². The second kappa shape index (κ2) is 12.0. The van der Waals surface area contributed by atoms with E-state index in [0.29, 0.717) is 17.5 Å². The van der Waals surface area contributed by atoms with Gasteiger partial charge in [0.25, 0.3) is 0 Å². The molecule has 0 radical (unpaired) electrons. The standard InChI is InChI=1S/C35H43N3/c1-7-9-24-34(3,4)29-20-16-27(17-21-29)32-36-31(26-14-12-11-13-15-26)37-33(38-32)28-18-22-30(23-19-28)35(5,6)25-10-8-2/h11-23H,7-10,24-25H2,1-6H3. The third-order valence-electron chi connectivity index (χ3n) is 7.83. The van der Waals surface area contributed by atoms with Crippen molar-refractivity contribution in [3.8, 4) is 34.2 Å². The van der Waals surface area contributed by atoms with Crippen molar-refractivity contribution in [1.29, 1.82) is 0 Å². The molecule has 0 bridgehead atoms. The molecular weight excluding hydrogens is 462 g/mol. The normalized spacial score (nSPS) is 12.1. The van der Waals surface area contributed by atoms with Gasteiger partial charge in [-0.1, -0.05) is 146 Å². The van der Waals surface area contributed by atoms with Crippen molar-refractivity contribution in [3.05, 3.63) is 90.0 Å². The molecule has 1 heterocycles. The van der Waals surface area contributed by atoms with Crippen molar-refractivity contribution in [2.45, 2.75) is 90.9 Å². The summed E-state index contributed by atoms with van der Waals surface area (Å²) in [5.74, 6) is 2.11. The molecule has 3 aromatic carbocycles. The van der Waals surface area contributed by atoms with E-state index in [1.165, 1.54) is 49.7 Å². The lowest BCUT2D eigenvalue weighted by Crippen LogP contribution is -2.16. The molecule has 38 heavy (non-hydrogen) atoms. The van der Waals surface area contributed by atoms with Gasteiger partial charge in [0.05, 0.1) is 0 Å². The Bertz CT molecular complexity index is 1220. The lowest BCUT2D eigenvalue weighted by atomic mass is 9.80. The van der Waals surface area contributed by atoms with Crippen LogP contribution < -0.4 is 0 Å². The average Bonchev–Trinajstić information content (AvgIpc) is 2.95. The minimum absolute atomic E-state index is 0.153. The highest BCUT2D eigenvalue weighted by Crippen LogP contribution is 2.33. The monoisotopic (exact) mass is 505 g/mol. The van der Waals surface area contributed by atoms with Crippen LogP contribution in [0.4, 0.5) is 0 Å². The minimum Gasteiger partial charge on any atom is -0.208 e. The highest BCUT2D eigenvalue weighted by atomic mass is 15.0. The first kappa shape index (κ1) is 27.7. The molecular formula is C35H43N3. The number of rotatable bonds is 11. The molecule has 3 nitrogen and oxygen atoms in total. The van der Waals surface area contributed by atoms with Gasteiger partial charge in [-0.3, -0.25) is 0 Å². The van der Waals surface area contributed by atoms with E-state index in [4.69, 9.17) is 15.0 Å². The van der Waals surface area contributed by atoms with Crippen molar-refractivity contribution < 1.29 is 0 Å². The van der Waals surface area contributed by atoms with Gasteiger partial charge in [0.15, 0.2) is 17.5 Å². The molecule has 1 aromatic heterocycles. The van der Waals surface area contributed by atoms with Gasteiger partial charge in [0.2, 0.25) is 0 Å². The molecule has 198 valence electrons. The third-order valence-corrected chi connectivity index (χ3v) is 7.83. The Morgan fingerprint density at radius 1 is 0.474 bits per heavy atom. The molecule has 3 heteroatoms. The number of aromatic nitrogens is 3. The predicted molar refractivity (Wildman–Crippen MR) is 161 cm³/mol. The highest BCUT2D eigenvalue weighted by molar-refractivity contribution is 5.66. The molecule has 4 rings (SSSR count). The summed E-state index contributed by atoms with van der Waals surface area (Å²) in [5.41, 5.74) is 6.03. The van der Waals surface area contributed by atoms with Crippen LogP contribution >= 0.6 is 0 Å². The van der Waals surface area contributed by atoms with Crippen LogP contribution in [0.2, 0.25) is 0 Å². The zero-order valence-electron chi connectivity index (χ0n) is 24.1. The first-order valence-corrected chi connectivity index (χ1v) is 14.3. The van der Waals surface area contributed by atoms with E-state index in [0.717, 1.165) is 16.7 Å². The summed E-state index contributed by atoms with van der Waals surface area (Å²) < 4.78 is 0. The first-order valence-electron chi connectivity index (χ1n) is 14.3. The summed E-state index contributed by atoms with van der Waals surface area (Å²) in [6.45, 7) is 13.8. The molecule has 0 unspecified atom stereocenters. The van der Waals surface area contributed by atoms with Crippen molar-refractivity contribution in [2.75, 3.05) is 0 Å². The fraction of sp³-hybridized carbons (Fsp3) is 0.400. The van der Waals surface area contributed by atoms with Gasteiger partial charge in [0, 0.05) is 16.7 Å². The Morgan fingerprint density at radius 3 is 1.16 bits per heavy atom. The van der Waals surface area contributed by atoms with Gasteiger partial charge in [-0.05, 0) is 34.8 Å². The number of nitrogens with zero attached hydrogens (tertiary/aromatic N) is 3. The number of hydrogen-bond acceptors (Lipinski definition) is 3. The van der Waals surface area contributed by atoms with Gasteiger partial charge in [-0.25, -0.2) is 15.0 Å². The fourth-order valence-corrected chi connectivity index (χ4v) is 5.02. The Morgan fingerprint density at radius 2 is 0.816 bits per heavy atom. The van der Waals surface area contributed by atoms with Gasteiger partial charge in [-0.2, -0.15) is 0 Å². The van der Waals surface area contributed by atoms with Gasteiger partial charge < -0.3 is 0 Å². The maximum absolute atomic E-state index is 4.96. The van der Waals surface area contributed by atoms with Crippen molar-refractivity contribution in [1.82, 2.24) is 15.0 Å². The van der Waals surface area contributed by atoms with Gasteiger partial charge in [-0.15, -0.1) is 0 Å². The first-order chi connectivity index (χ1) is 18.2. The Balaban J connectivity index is 1.72. The van der Waals surface area contributed by atoms with Crippen LogP contribution in [0.5, 0.6) is 0 Å². The Kier molecular flexibility index (Phi) is 8.76.